The van der Waals surface area contributed by atoms with Gasteiger partial charge in [-0.3, -0.25) is 14.5 Å². The molecule has 0 aromatic heterocycles. The van der Waals surface area contributed by atoms with Gasteiger partial charge in [0.25, 0.3) is 11.8 Å². The van der Waals surface area contributed by atoms with Gasteiger partial charge < -0.3 is 0 Å². The summed E-state index contributed by atoms with van der Waals surface area (Å²) in [5.74, 6) is -0.951. The molecule has 0 fully saturated rings. The number of fused-ring (bicyclic) bond motifs is 1. The van der Waals surface area contributed by atoms with Crippen molar-refractivity contribution in [3.8, 4) is 0 Å². The van der Waals surface area contributed by atoms with Gasteiger partial charge in [0.15, 0.2) is 0 Å². The summed E-state index contributed by atoms with van der Waals surface area (Å²) in [7, 11) is -2.47. The molecule has 0 saturated heterocycles. The lowest BCUT2D eigenvalue weighted by Gasteiger charge is -2.08. The summed E-state index contributed by atoms with van der Waals surface area (Å²) in [4.78, 5) is 24.7. The number of hydrogen-bond donors (Lipinski definition) is 1. The second-order valence-corrected chi connectivity index (χ2v) is 7.53. The minimum absolute atomic E-state index is 0.0623. The van der Waals surface area contributed by atoms with Crippen molar-refractivity contribution in [2.24, 2.45) is 0 Å². The van der Waals surface area contributed by atoms with E-state index in [-0.39, 0.29) is 22.6 Å². The van der Waals surface area contributed by atoms with Crippen LogP contribution < -0.4 is 4.72 Å². The van der Waals surface area contributed by atoms with Crippen molar-refractivity contribution in [1.29, 1.82) is 0 Å². The van der Waals surface area contributed by atoms with Crippen LogP contribution in [0.25, 0.3) is 0 Å². The van der Waals surface area contributed by atoms with Crippen LogP contribution >= 0.6 is 11.6 Å². The summed E-state index contributed by atoms with van der Waals surface area (Å²) in [6.45, 7) is 0.0623. The number of nitrogens with zero attached hydrogens (tertiary/aromatic N) is 1. The van der Waals surface area contributed by atoms with E-state index >= 15 is 0 Å². The molecule has 0 bridgehead atoms. The van der Waals surface area contributed by atoms with Gasteiger partial charge >= 0.3 is 0 Å². The molecule has 3 rings (SSSR count). The van der Waals surface area contributed by atoms with E-state index in [4.69, 9.17) is 11.6 Å². The second kappa shape index (κ2) is 6.01. The fourth-order valence-corrected chi connectivity index (χ4v) is 3.67. The van der Waals surface area contributed by atoms with Crippen LogP contribution in [0.3, 0.4) is 0 Å². The maximum absolute atomic E-state index is 12.4. The highest BCUT2D eigenvalue weighted by atomic mass is 35.5. The molecule has 1 heterocycles. The van der Waals surface area contributed by atoms with E-state index in [9.17, 15) is 18.0 Å². The summed E-state index contributed by atoms with van der Waals surface area (Å²) in [6, 6.07) is 10.7. The van der Waals surface area contributed by atoms with E-state index in [1.807, 2.05) is 0 Å². The Bertz CT molecular complexity index is 956. The molecule has 1 aliphatic heterocycles. The first-order valence-corrected chi connectivity index (χ1v) is 8.86. The Morgan fingerprint density at radius 3 is 2.46 bits per heavy atom. The van der Waals surface area contributed by atoms with Gasteiger partial charge in [-0.25, -0.2) is 13.1 Å². The van der Waals surface area contributed by atoms with Gasteiger partial charge in [-0.2, -0.15) is 0 Å². The Balaban J connectivity index is 1.86. The lowest BCUT2D eigenvalue weighted by molar-refractivity contribution is 0.0693. The van der Waals surface area contributed by atoms with Crippen LogP contribution in [0.1, 0.15) is 26.3 Å². The van der Waals surface area contributed by atoms with E-state index in [1.54, 1.807) is 24.3 Å². The normalized spacial score (nSPS) is 14.2. The van der Waals surface area contributed by atoms with E-state index in [0.29, 0.717) is 10.6 Å². The first kappa shape index (κ1) is 16.6. The van der Waals surface area contributed by atoms with Crippen molar-refractivity contribution in [3.63, 3.8) is 0 Å². The van der Waals surface area contributed by atoms with Gasteiger partial charge in [0.05, 0.1) is 16.0 Å². The third kappa shape index (κ3) is 2.93. The predicted octanol–water partition coefficient (Wildman–Crippen LogP) is 2.04. The third-order valence-electron chi connectivity index (χ3n) is 3.73. The third-order valence-corrected chi connectivity index (χ3v) is 5.36. The summed E-state index contributed by atoms with van der Waals surface area (Å²) in [6.07, 6.45) is 0. The standard InChI is InChI=1S/C16H13ClN2O4S/c1-19-15(20)13-6-5-12(8-14(13)16(19)21)24(22,23)18-9-10-3-2-4-11(17)7-10/h2-8,18H,9H2,1H3. The Morgan fingerprint density at radius 2 is 1.75 bits per heavy atom. The number of sulfonamides is 1. The van der Waals surface area contributed by atoms with E-state index in [2.05, 4.69) is 4.72 Å². The molecule has 0 unspecified atom stereocenters. The molecule has 1 N–H and O–H groups in total. The van der Waals surface area contributed by atoms with Gasteiger partial charge in [0, 0.05) is 18.6 Å². The topological polar surface area (TPSA) is 83.6 Å². The molecule has 24 heavy (non-hydrogen) atoms. The Labute approximate surface area is 144 Å². The number of carbonyl (C=O) groups is 2. The first-order chi connectivity index (χ1) is 11.3. The fraction of sp³-hybridized carbons (Fsp3) is 0.125. The molecule has 124 valence electrons. The highest BCUT2D eigenvalue weighted by Gasteiger charge is 2.33. The predicted molar refractivity (Wildman–Crippen MR) is 88.3 cm³/mol. The first-order valence-electron chi connectivity index (χ1n) is 7.00. The molecule has 0 atom stereocenters. The number of carbonyl (C=O) groups excluding carboxylic acids is 2. The molecule has 0 radical (unpaired) electrons. The van der Waals surface area contributed by atoms with Crippen molar-refractivity contribution >= 4 is 33.4 Å². The molecular formula is C16H13ClN2O4S. The van der Waals surface area contributed by atoms with Crippen LogP contribution in [0.5, 0.6) is 0 Å². The zero-order valence-electron chi connectivity index (χ0n) is 12.6. The molecule has 0 saturated carbocycles. The van der Waals surface area contributed by atoms with Crippen molar-refractivity contribution in [3.05, 3.63) is 64.2 Å². The Kier molecular flexibility index (Phi) is 4.16. The van der Waals surface area contributed by atoms with E-state index in [0.717, 1.165) is 4.90 Å². The van der Waals surface area contributed by atoms with Gasteiger partial charge in [-0.05, 0) is 35.9 Å². The zero-order valence-corrected chi connectivity index (χ0v) is 14.2. The maximum Gasteiger partial charge on any atom is 0.261 e. The van der Waals surface area contributed by atoms with E-state index < -0.39 is 21.8 Å². The number of rotatable bonds is 4. The molecule has 2 aromatic rings. The van der Waals surface area contributed by atoms with Gasteiger partial charge in [0.1, 0.15) is 0 Å². The number of hydrogen-bond acceptors (Lipinski definition) is 4. The molecule has 0 spiro atoms. The molecule has 2 amide bonds. The average molecular weight is 365 g/mol. The van der Waals surface area contributed by atoms with Crippen LogP contribution in [0.4, 0.5) is 0 Å². The van der Waals surface area contributed by atoms with Crippen molar-refractivity contribution in [2.75, 3.05) is 7.05 Å². The average Bonchev–Trinajstić information content (AvgIpc) is 2.77. The number of amides is 2. The van der Waals surface area contributed by atoms with Crippen LogP contribution in [0.15, 0.2) is 47.4 Å². The van der Waals surface area contributed by atoms with Gasteiger partial charge in [0.2, 0.25) is 10.0 Å². The monoisotopic (exact) mass is 364 g/mol. The fourth-order valence-electron chi connectivity index (χ4n) is 2.42. The summed E-state index contributed by atoms with van der Waals surface area (Å²) in [5, 5.41) is 0.511. The molecular weight excluding hydrogens is 352 g/mol. The van der Waals surface area contributed by atoms with Crippen molar-refractivity contribution < 1.29 is 18.0 Å². The number of halogens is 1. The minimum atomic E-state index is -3.83. The summed E-state index contributed by atoms with van der Waals surface area (Å²) < 4.78 is 27.3. The summed E-state index contributed by atoms with van der Waals surface area (Å²) >= 11 is 5.87. The number of nitrogens with one attached hydrogen (secondary N) is 1. The number of imide groups is 1. The second-order valence-electron chi connectivity index (χ2n) is 5.33. The molecule has 8 heteroatoms. The molecule has 6 nitrogen and oxygen atoms in total. The largest absolute Gasteiger partial charge is 0.277 e. The lowest BCUT2D eigenvalue weighted by Crippen LogP contribution is -2.24. The summed E-state index contributed by atoms with van der Waals surface area (Å²) in [5.41, 5.74) is 1.00. The van der Waals surface area contributed by atoms with Crippen molar-refractivity contribution in [2.45, 2.75) is 11.4 Å². The number of benzene rings is 2. The van der Waals surface area contributed by atoms with Crippen LogP contribution in [-0.4, -0.2) is 32.2 Å². The molecule has 2 aromatic carbocycles. The highest BCUT2D eigenvalue weighted by Crippen LogP contribution is 2.24. The highest BCUT2D eigenvalue weighted by molar-refractivity contribution is 7.89. The smallest absolute Gasteiger partial charge is 0.261 e. The lowest BCUT2D eigenvalue weighted by atomic mass is 10.1. The maximum atomic E-state index is 12.4. The Morgan fingerprint density at radius 1 is 1.04 bits per heavy atom. The van der Waals surface area contributed by atoms with Gasteiger partial charge in [-0.1, -0.05) is 23.7 Å². The molecule has 0 aliphatic carbocycles. The molecule has 1 aliphatic rings. The zero-order chi connectivity index (χ0) is 17.5. The quantitative estimate of drug-likeness (QED) is 0.841. The van der Waals surface area contributed by atoms with Crippen LogP contribution in [0.2, 0.25) is 5.02 Å². The SMILES string of the molecule is CN1C(=O)c2ccc(S(=O)(=O)NCc3cccc(Cl)c3)cc2C1=O. The van der Waals surface area contributed by atoms with E-state index in [1.165, 1.54) is 25.2 Å². The minimum Gasteiger partial charge on any atom is -0.277 e. The van der Waals surface area contributed by atoms with Crippen LogP contribution in [-0.2, 0) is 16.6 Å². The van der Waals surface area contributed by atoms with Crippen LogP contribution in [0, 0.1) is 0 Å². The van der Waals surface area contributed by atoms with Crippen molar-refractivity contribution in [1.82, 2.24) is 9.62 Å². The van der Waals surface area contributed by atoms with Gasteiger partial charge in [-0.15, -0.1) is 0 Å². The Hall–Kier alpha value is -2.22.